The van der Waals surface area contributed by atoms with Crippen LogP contribution in [0.25, 0.3) is 0 Å². The molecule has 0 fully saturated rings. The summed E-state index contributed by atoms with van der Waals surface area (Å²) in [5.74, 6) is 1.48. The van der Waals surface area contributed by atoms with Crippen molar-refractivity contribution in [1.82, 2.24) is 0 Å². The molecule has 1 aliphatic rings. The van der Waals surface area contributed by atoms with Gasteiger partial charge in [0.25, 0.3) is 0 Å². The molecule has 0 saturated heterocycles. The van der Waals surface area contributed by atoms with Gasteiger partial charge in [0.15, 0.2) is 16.7 Å². The van der Waals surface area contributed by atoms with E-state index in [1.54, 1.807) is 6.21 Å². The average Bonchev–Trinajstić information content (AvgIpc) is 2.76. The molecule has 1 heterocycles. The molecular weight excluding hydrogens is 226 g/mol. The molecule has 6 heteroatoms. The number of nitrogens with zero attached hydrogens (tertiary/aromatic N) is 2. The monoisotopic (exact) mass is 237 g/mol. The maximum absolute atomic E-state index is 5.48. The van der Waals surface area contributed by atoms with E-state index in [0.717, 1.165) is 17.1 Å². The zero-order valence-electron chi connectivity index (χ0n) is 8.71. The van der Waals surface area contributed by atoms with Gasteiger partial charge in [-0.2, -0.15) is 5.10 Å². The summed E-state index contributed by atoms with van der Waals surface area (Å²) < 4.78 is 10.4. The van der Waals surface area contributed by atoms with Gasteiger partial charge < -0.3 is 15.2 Å². The predicted molar refractivity (Wildman–Crippen MR) is 65.3 cm³/mol. The normalized spacial score (nSPS) is 14.7. The predicted octanol–water partition coefficient (Wildman–Crippen LogP) is 1.43. The first-order chi connectivity index (χ1) is 7.79. The van der Waals surface area contributed by atoms with E-state index in [2.05, 4.69) is 10.2 Å². The first kappa shape index (κ1) is 10.8. The summed E-state index contributed by atoms with van der Waals surface area (Å²) in [6, 6.07) is 5.56. The van der Waals surface area contributed by atoms with Crippen molar-refractivity contribution >= 4 is 23.1 Å². The molecule has 1 aliphatic heterocycles. The number of hydrogen-bond acceptors (Lipinski definition) is 5. The fourth-order valence-electron chi connectivity index (χ4n) is 1.19. The zero-order valence-corrected chi connectivity index (χ0v) is 9.53. The Bertz CT molecular complexity index is 446. The number of benzene rings is 1. The Morgan fingerprint density at radius 1 is 1.44 bits per heavy atom. The van der Waals surface area contributed by atoms with Gasteiger partial charge in [0.05, 0.1) is 6.21 Å². The molecule has 1 aromatic carbocycles. The molecular formula is C10H11N3O2S. The second-order valence-corrected chi connectivity index (χ2v) is 3.83. The maximum atomic E-state index is 5.48. The Balaban J connectivity index is 2.11. The number of hydrogen-bond donors (Lipinski definition) is 1. The van der Waals surface area contributed by atoms with Crippen LogP contribution in [0.2, 0.25) is 0 Å². The van der Waals surface area contributed by atoms with E-state index >= 15 is 0 Å². The summed E-state index contributed by atoms with van der Waals surface area (Å²) in [5, 5.41) is 8.07. The van der Waals surface area contributed by atoms with Crippen molar-refractivity contribution in [1.29, 1.82) is 0 Å². The van der Waals surface area contributed by atoms with Crippen LogP contribution < -0.4 is 15.2 Å². The van der Waals surface area contributed by atoms with Crippen LogP contribution in [0.1, 0.15) is 5.56 Å². The summed E-state index contributed by atoms with van der Waals surface area (Å²) in [6.07, 6.45) is 3.46. The molecule has 0 atom stereocenters. The van der Waals surface area contributed by atoms with E-state index in [1.807, 2.05) is 24.5 Å². The Hall–Kier alpha value is -1.69. The van der Waals surface area contributed by atoms with Gasteiger partial charge in [0, 0.05) is 0 Å². The highest BCUT2D eigenvalue weighted by Crippen LogP contribution is 2.31. The van der Waals surface area contributed by atoms with E-state index in [1.165, 1.54) is 11.8 Å². The van der Waals surface area contributed by atoms with Crippen LogP contribution in [0.15, 0.2) is 28.4 Å². The van der Waals surface area contributed by atoms with Gasteiger partial charge in [0.1, 0.15) is 0 Å². The van der Waals surface area contributed by atoms with Gasteiger partial charge in [0.2, 0.25) is 6.79 Å². The van der Waals surface area contributed by atoms with Crippen molar-refractivity contribution in [2.75, 3.05) is 13.0 Å². The first-order valence-corrected chi connectivity index (χ1v) is 5.82. The van der Waals surface area contributed by atoms with Crippen molar-refractivity contribution in [3.63, 3.8) is 0 Å². The number of ether oxygens (including phenoxy) is 2. The van der Waals surface area contributed by atoms with Crippen molar-refractivity contribution in [2.24, 2.45) is 15.9 Å². The molecule has 0 aliphatic carbocycles. The molecule has 0 aromatic heterocycles. The lowest BCUT2D eigenvalue weighted by Crippen LogP contribution is -2.03. The van der Waals surface area contributed by atoms with Gasteiger partial charge in [-0.05, 0) is 30.0 Å². The minimum atomic E-state index is 0.271. The first-order valence-electron chi connectivity index (χ1n) is 4.60. The van der Waals surface area contributed by atoms with E-state index in [4.69, 9.17) is 15.2 Å². The van der Waals surface area contributed by atoms with E-state index in [0.29, 0.717) is 5.17 Å². The highest BCUT2D eigenvalue weighted by Gasteiger charge is 2.12. The SMILES string of the molecule is CSC(N)=NN=Cc1ccc2c(c1)OCO2. The third-order valence-electron chi connectivity index (χ3n) is 1.97. The molecule has 16 heavy (non-hydrogen) atoms. The topological polar surface area (TPSA) is 69.2 Å². The molecule has 1 aromatic rings. The van der Waals surface area contributed by atoms with E-state index in [9.17, 15) is 0 Å². The van der Waals surface area contributed by atoms with Crippen LogP contribution in [0, 0.1) is 0 Å². The Morgan fingerprint density at radius 3 is 3.06 bits per heavy atom. The summed E-state index contributed by atoms with van der Waals surface area (Å²) >= 11 is 1.35. The van der Waals surface area contributed by atoms with Crippen molar-refractivity contribution in [3.05, 3.63) is 23.8 Å². The van der Waals surface area contributed by atoms with Gasteiger partial charge >= 0.3 is 0 Å². The molecule has 2 rings (SSSR count). The zero-order chi connectivity index (χ0) is 11.4. The highest BCUT2D eigenvalue weighted by molar-refractivity contribution is 8.13. The third-order valence-corrected chi connectivity index (χ3v) is 2.47. The van der Waals surface area contributed by atoms with Crippen LogP contribution in [0.4, 0.5) is 0 Å². The summed E-state index contributed by atoms with van der Waals surface area (Å²) in [7, 11) is 0. The van der Waals surface area contributed by atoms with Crippen molar-refractivity contribution in [2.45, 2.75) is 0 Å². The molecule has 5 nitrogen and oxygen atoms in total. The number of nitrogens with two attached hydrogens (primary N) is 1. The van der Waals surface area contributed by atoms with Crippen LogP contribution in [-0.2, 0) is 0 Å². The minimum absolute atomic E-state index is 0.271. The molecule has 0 unspecified atom stereocenters. The van der Waals surface area contributed by atoms with Crippen LogP contribution in [-0.4, -0.2) is 24.4 Å². The Labute approximate surface area is 97.3 Å². The molecule has 0 radical (unpaired) electrons. The Morgan fingerprint density at radius 2 is 2.25 bits per heavy atom. The van der Waals surface area contributed by atoms with E-state index < -0.39 is 0 Å². The molecule has 0 amide bonds. The second kappa shape index (κ2) is 4.89. The highest BCUT2D eigenvalue weighted by atomic mass is 32.2. The standard InChI is InChI=1S/C10H11N3O2S/c1-16-10(11)13-12-5-7-2-3-8-9(4-7)15-6-14-8/h2-5H,6H2,1H3,(H2,11,13). The van der Waals surface area contributed by atoms with Gasteiger partial charge in [-0.15, -0.1) is 5.10 Å². The summed E-state index contributed by atoms with van der Waals surface area (Å²) in [5.41, 5.74) is 6.37. The number of rotatable bonds is 2. The maximum Gasteiger partial charge on any atom is 0.231 e. The van der Waals surface area contributed by atoms with Crippen LogP contribution in [0.5, 0.6) is 11.5 Å². The summed E-state index contributed by atoms with van der Waals surface area (Å²) in [4.78, 5) is 0. The smallest absolute Gasteiger partial charge is 0.231 e. The quantitative estimate of drug-likeness (QED) is 0.480. The largest absolute Gasteiger partial charge is 0.454 e. The fourth-order valence-corrected chi connectivity index (χ4v) is 1.32. The fraction of sp³-hybridized carbons (Fsp3) is 0.200. The third kappa shape index (κ3) is 2.46. The molecule has 0 spiro atoms. The van der Waals surface area contributed by atoms with E-state index in [-0.39, 0.29) is 6.79 Å². The number of thioether (sulfide) groups is 1. The average molecular weight is 237 g/mol. The summed E-state index contributed by atoms with van der Waals surface area (Å²) in [6.45, 7) is 0.271. The van der Waals surface area contributed by atoms with Gasteiger partial charge in [-0.3, -0.25) is 0 Å². The second-order valence-electron chi connectivity index (χ2n) is 3.00. The molecule has 0 saturated carbocycles. The molecule has 84 valence electrons. The van der Waals surface area contributed by atoms with Crippen LogP contribution >= 0.6 is 11.8 Å². The minimum Gasteiger partial charge on any atom is -0.454 e. The number of amidine groups is 1. The van der Waals surface area contributed by atoms with Crippen molar-refractivity contribution in [3.8, 4) is 11.5 Å². The van der Waals surface area contributed by atoms with Crippen LogP contribution in [0.3, 0.4) is 0 Å². The van der Waals surface area contributed by atoms with Gasteiger partial charge in [-0.1, -0.05) is 11.8 Å². The Kier molecular flexibility index (Phi) is 3.31. The lowest BCUT2D eigenvalue weighted by atomic mass is 10.2. The molecule has 0 bridgehead atoms. The lowest BCUT2D eigenvalue weighted by Gasteiger charge is -1.96. The number of fused-ring (bicyclic) bond motifs is 1. The van der Waals surface area contributed by atoms with Gasteiger partial charge in [-0.25, -0.2) is 0 Å². The lowest BCUT2D eigenvalue weighted by molar-refractivity contribution is 0.174. The molecule has 2 N–H and O–H groups in total. The van der Waals surface area contributed by atoms with Crippen molar-refractivity contribution < 1.29 is 9.47 Å².